The van der Waals surface area contributed by atoms with E-state index in [-0.39, 0.29) is 16.3 Å². The molecule has 0 bridgehead atoms. The van der Waals surface area contributed by atoms with E-state index >= 15 is 0 Å². The molecule has 5 nitrogen and oxygen atoms in total. The summed E-state index contributed by atoms with van der Waals surface area (Å²) in [7, 11) is 0. The van der Waals surface area contributed by atoms with Crippen LogP contribution in [0.4, 0.5) is 28.9 Å². The Balaban J connectivity index is 2.16. The largest absolute Gasteiger partial charge is 0.408 e. The van der Waals surface area contributed by atoms with Gasteiger partial charge in [-0.05, 0) is 12.1 Å². The van der Waals surface area contributed by atoms with Crippen molar-refractivity contribution in [3.8, 4) is 0 Å². The van der Waals surface area contributed by atoms with E-state index in [1.54, 1.807) is 0 Å². The van der Waals surface area contributed by atoms with Crippen molar-refractivity contribution in [1.29, 1.82) is 0 Å². The molecule has 2 aromatic rings. The second-order valence-corrected chi connectivity index (χ2v) is 4.78. The highest BCUT2D eigenvalue weighted by Gasteiger charge is 2.28. The Hall–Kier alpha value is -2.29. The monoisotopic (exact) mass is 336 g/mol. The summed E-state index contributed by atoms with van der Waals surface area (Å²) in [6, 6.07) is 2.09. The number of anilines is 2. The number of amides is 1. The molecule has 1 amide bonds. The average molecular weight is 337 g/mol. The Bertz CT molecular complexity index is 714. The molecule has 1 aromatic carbocycles. The number of hydrogen-bond donors (Lipinski definition) is 2. The van der Waals surface area contributed by atoms with Crippen molar-refractivity contribution in [3.05, 3.63) is 40.9 Å². The van der Waals surface area contributed by atoms with Crippen molar-refractivity contribution >= 4 is 28.9 Å². The van der Waals surface area contributed by atoms with E-state index in [9.17, 15) is 22.4 Å². The summed E-state index contributed by atoms with van der Waals surface area (Å²) < 4.78 is 50.6. The van der Waals surface area contributed by atoms with Crippen molar-refractivity contribution in [2.24, 2.45) is 0 Å². The highest BCUT2D eigenvalue weighted by atomic mass is 35.5. The molecule has 0 unspecified atom stereocenters. The van der Waals surface area contributed by atoms with Crippen molar-refractivity contribution in [1.82, 2.24) is 9.78 Å². The Morgan fingerprint density at radius 1 is 1.41 bits per heavy atom. The van der Waals surface area contributed by atoms with Crippen molar-refractivity contribution in [2.45, 2.75) is 12.7 Å². The van der Waals surface area contributed by atoms with Crippen molar-refractivity contribution < 1.29 is 22.4 Å². The van der Waals surface area contributed by atoms with Crippen LogP contribution < -0.4 is 11.1 Å². The first kappa shape index (κ1) is 16.1. The number of rotatable bonds is 3. The molecule has 0 saturated heterocycles. The van der Waals surface area contributed by atoms with E-state index in [1.807, 2.05) is 0 Å². The van der Waals surface area contributed by atoms with Gasteiger partial charge in [0.1, 0.15) is 12.4 Å². The molecule has 0 aliphatic rings. The average Bonchev–Trinajstić information content (AvgIpc) is 2.78. The maximum Gasteiger partial charge on any atom is 0.408 e. The second-order valence-electron chi connectivity index (χ2n) is 4.34. The summed E-state index contributed by atoms with van der Waals surface area (Å²) in [5, 5.41) is 5.68. The Kier molecular flexibility index (Phi) is 4.27. The standard InChI is InChI=1S/C12H9ClF4N4O/c13-6-1-8(10(18)9(14)2-6)11(22)20-7-3-19-21(4-7)5-12(15,16)17/h1-4H,5,18H2,(H,20,22). The topological polar surface area (TPSA) is 72.9 Å². The minimum absolute atomic E-state index is 0.00836. The van der Waals surface area contributed by atoms with Gasteiger partial charge in [0.15, 0.2) is 0 Å². The van der Waals surface area contributed by atoms with Gasteiger partial charge < -0.3 is 11.1 Å². The molecular formula is C12H9ClF4N4O. The predicted octanol–water partition coefficient (Wildman–Crippen LogP) is 3.07. The van der Waals surface area contributed by atoms with Crippen molar-refractivity contribution in [3.63, 3.8) is 0 Å². The lowest BCUT2D eigenvalue weighted by molar-refractivity contribution is -0.142. The van der Waals surface area contributed by atoms with Crippen LogP contribution in [0, 0.1) is 5.82 Å². The molecular weight excluding hydrogens is 328 g/mol. The van der Waals surface area contributed by atoms with Crippen LogP contribution >= 0.6 is 11.6 Å². The maximum absolute atomic E-state index is 13.4. The van der Waals surface area contributed by atoms with Crippen LogP contribution in [0.3, 0.4) is 0 Å². The Morgan fingerprint density at radius 2 is 2.09 bits per heavy atom. The van der Waals surface area contributed by atoms with Gasteiger partial charge in [-0.1, -0.05) is 11.6 Å². The number of halogens is 5. The molecule has 1 heterocycles. The van der Waals surface area contributed by atoms with Gasteiger partial charge in [-0.3, -0.25) is 9.48 Å². The third kappa shape index (κ3) is 3.88. The fourth-order valence-electron chi connectivity index (χ4n) is 1.67. The van der Waals surface area contributed by atoms with Crippen LogP contribution in [-0.4, -0.2) is 21.9 Å². The Morgan fingerprint density at radius 3 is 2.73 bits per heavy atom. The zero-order chi connectivity index (χ0) is 16.5. The van der Waals surface area contributed by atoms with Crippen LogP contribution in [0.25, 0.3) is 0 Å². The van der Waals surface area contributed by atoms with Gasteiger partial charge in [0, 0.05) is 11.2 Å². The number of carbonyl (C=O) groups is 1. The van der Waals surface area contributed by atoms with E-state index in [0.29, 0.717) is 4.68 Å². The number of alkyl halides is 3. The number of benzene rings is 1. The van der Waals surface area contributed by atoms with Crippen LogP contribution in [0.1, 0.15) is 10.4 Å². The van der Waals surface area contributed by atoms with Crippen LogP contribution in [0.5, 0.6) is 0 Å². The van der Waals surface area contributed by atoms with Gasteiger partial charge in [-0.2, -0.15) is 18.3 Å². The minimum Gasteiger partial charge on any atom is -0.396 e. The molecule has 2 rings (SSSR count). The summed E-state index contributed by atoms with van der Waals surface area (Å²) in [6.07, 6.45) is -2.42. The molecule has 22 heavy (non-hydrogen) atoms. The Labute approximate surface area is 126 Å². The first-order valence-corrected chi connectivity index (χ1v) is 6.18. The van der Waals surface area contributed by atoms with Gasteiger partial charge in [-0.15, -0.1) is 0 Å². The fraction of sp³-hybridized carbons (Fsp3) is 0.167. The predicted molar refractivity (Wildman–Crippen MR) is 72.1 cm³/mol. The SMILES string of the molecule is Nc1c(F)cc(Cl)cc1C(=O)Nc1cnn(CC(F)(F)F)c1. The molecule has 0 spiro atoms. The third-order valence-electron chi connectivity index (χ3n) is 2.57. The zero-order valence-corrected chi connectivity index (χ0v) is 11.5. The highest BCUT2D eigenvalue weighted by Crippen LogP contribution is 2.23. The van der Waals surface area contributed by atoms with Crippen LogP contribution in [0.15, 0.2) is 24.5 Å². The molecule has 3 N–H and O–H groups in total. The van der Waals surface area contributed by atoms with Gasteiger partial charge in [0.05, 0.1) is 23.1 Å². The van der Waals surface area contributed by atoms with Gasteiger partial charge in [0.25, 0.3) is 5.91 Å². The second kappa shape index (κ2) is 5.84. The molecule has 0 atom stereocenters. The minimum atomic E-state index is -4.44. The summed E-state index contributed by atoms with van der Waals surface area (Å²) in [5.74, 6) is -1.68. The third-order valence-corrected chi connectivity index (χ3v) is 2.79. The molecule has 0 radical (unpaired) electrons. The lowest BCUT2D eigenvalue weighted by Crippen LogP contribution is -2.18. The summed E-state index contributed by atoms with van der Waals surface area (Å²) in [6.45, 7) is -1.29. The smallest absolute Gasteiger partial charge is 0.396 e. The highest BCUT2D eigenvalue weighted by molar-refractivity contribution is 6.31. The number of nitrogens with one attached hydrogen (secondary N) is 1. The van der Waals surface area contributed by atoms with Gasteiger partial charge in [0.2, 0.25) is 0 Å². The lowest BCUT2D eigenvalue weighted by Gasteiger charge is -2.07. The van der Waals surface area contributed by atoms with E-state index in [2.05, 4.69) is 10.4 Å². The molecule has 10 heteroatoms. The first-order chi connectivity index (χ1) is 10.2. The van der Waals surface area contributed by atoms with Crippen LogP contribution in [0.2, 0.25) is 5.02 Å². The van der Waals surface area contributed by atoms with E-state index in [0.717, 1.165) is 24.5 Å². The molecule has 0 saturated carbocycles. The van der Waals surface area contributed by atoms with E-state index < -0.39 is 30.1 Å². The summed E-state index contributed by atoms with van der Waals surface area (Å²) >= 11 is 5.63. The van der Waals surface area contributed by atoms with Gasteiger partial charge in [-0.25, -0.2) is 4.39 Å². The normalized spacial score (nSPS) is 11.5. The molecule has 0 aliphatic heterocycles. The number of carbonyl (C=O) groups excluding carboxylic acids is 1. The molecule has 0 fully saturated rings. The van der Waals surface area contributed by atoms with E-state index in [4.69, 9.17) is 17.3 Å². The quantitative estimate of drug-likeness (QED) is 0.668. The maximum atomic E-state index is 13.4. The zero-order valence-electron chi connectivity index (χ0n) is 10.8. The number of nitrogen functional groups attached to an aromatic ring is 1. The molecule has 118 valence electrons. The summed E-state index contributed by atoms with van der Waals surface area (Å²) in [5.41, 5.74) is 4.80. The molecule has 0 aliphatic carbocycles. The molecule has 1 aromatic heterocycles. The number of aromatic nitrogens is 2. The van der Waals surface area contributed by atoms with Crippen LogP contribution in [-0.2, 0) is 6.54 Å². The van der Waals surface area contributed by atoms with Gasteiger partial charge >= 0.3 is 6.18 Å². The van der Waals surface area contributed by atoms with Crippen molar-refractivity contribution in [2.75, 3.05) is 11.1 Å². The lowest BCUT2D eigenvalue weighted by atomic mass is 10.1. The summed E-state index contributed by atoms with van der Waals surface area (Å²) in [4.78, 5) is 12.0. The number of nitrogens with two attached hydrogens (primary N) is 1. The number of nitrogens with zero attached hydrogens (tertiary/aromatic N) is 2. The van der Waals surface area contributed by atoms with E-state index in [1.165, 1.54) is 0 Å². The number of hydrogen-bond acceptors (Lipinski definition) is 3. The first-order valence-electron chi connectivity index (χ1n) is 5.81. The fourth-order valence-corrected chi connectivity index (χ4v) is 1.87.